The van der Waals surface area contributed by atoms with E-state index in [9.17, 15) is 0 Å². The molecule has 0 bridgehead atoms. The Labute approximate surface area is 196 Å². The van der Waals surface area contributed by atoms with Crippen molar-refractivity contribution in [1.82, 2.24) is 15.3 Å². The number of aliphatic imine (C=N–C) groups is 1. The summed E-state index contributed by atoms with van der Waals surface area (Å²) in [5.41, 5.74) is 6.78. The van der Waals surface area contributed by atoms with Gasteiger partial charge in [0.05, 0.1) is 11.9 Å². The Hall–Kier alpha value is -3.25. The fourth-order valence-electron chi connectivity index (χ4n) is 4.08. The lowest BCUT2D eigenvalue weighted by atomic mass is 9.93. The van der Waals surface area contributed by atoms with E-state index in [1.54, 1.807) is 0 Å². The first-order valence-corrected chi connectivity index (χ1v) is 11.7. The highest BCUT2D eigenvalue weighted by Crippen LogP contribution is 2.42. The molecule has 0 saturated carbocycles. The van der Waals surface area contributed by atoms with Gasteiger partial charge in [0, 0.05) is 52.7 Å². The molecule has 0 aliphatic carbocycles. The van der Waals surface area contributed by atoms with Crippen molar-refractivity contribution in [3.63, 3.8) is 0 Å². The number of pyridine rings is 2. The number of aromatic nitrogens is 2. The molecule has 2 aliphatic rings. The summed E-state index contributed by atoms with van der Waals surface area (Å²) in [5, 5.41) is 6.99. The third-order valence-electron chi connectivity index (χ3n) is 5.72. The number of nitrogens with zero attached hydrogens (tertiary/aromatic N) is 3. The molecule has 32 heavy (non-hydrogen) atoms. The quantitative estimate of drug-likeness (QED) is 0.467. The van der Waals surface area contributed by atoms with Crippen LogP contribution in [0.5, 0.6) is 0 Å². The van der Waals surface area contributed by atoms with E-state index in [1.165, 1.54) is 11.1 Å². The lowest BCUT2D eigenvalue weighted by Gasteiger charge is -2.12. The average molecular weight is 486 g/mol. The van der Waals surface area contributed by atoms with E-state index in [-0.39, 0.29) is 0 Å². The number of anilines is 2. The molecule has 3 aromatic rings. The van der Waals surface area contributed by atoms with Crippen LogP contribution in [0, 0.1) is 0 Å². The molecule has 0 fully saturated rings. The predicted octanol–water partition coefficient (Wildman–Crippen LogP) is 6.14. The smallest absolute Gasteiger partial charge is 0.138 e. The number of benzene rings is 1. The first-order chi connectivity index (χ1) is 15.8. The van der Waals surface area contributed by atoms with Gasteiger partial charge in [-0.2, -0.15) is 0 Å². The number of fused-ring (bicyclic) bond motifs is 5. The molecule has 0 unspecified atom stereocenters. The molecular weight excluding hydrogens is 462 g/mol. The predicted molar refractivity (Wildman–Crippen MR) is 135 cm³/mol. The van der Waals surface area contributed by atoms with E-state index in [2.05, 4.69) is 85.2 Å². The molecule has 2 N–H and O–H groups in total. The van der Waals surface area contributed by atoms with E-state index in [0.29, 0.717) is 0 Å². The van der Waals surface area contributed by atoms with Crippen LogP contribution in [0.1, 0.15) is 36.0 Å². The van der Waals surface area contributed by atoms with Crippen LogP contribution in [0.2, 0.25) is 0 Å². The van der Waals surface area contributed by atoms with E-state index in [1.807, 2.05) is 24.7 Å². The zero-order valence-corrected chi connectivity index (χ0v) is 19.3. The van der Waals surface area contributed by atoms with Crippen molar-refractivity contribution < 1.29 is 0 Å². The van der Waals surface area contributed by atoms with Gasteiger partial charge in [0.15, 0.2) is 0 Å². The highest BCUT2D eigenvalue weighted by molar-refractivity contribution is 9.10. The Kier molecular flexibility index (Phi) is 6.12. The zero-order valence-electron chi connectivity index (χ0n) is 17.7. The molecular formula is C26H24BrN5. The largest absolute Gasteiger partial charge is 0.350 e. The van der Waals surface area contributed by atoms with Gasteiger partial charge in [-0.1, -0.05) is 34.1 Å². The zero-order chi connectivity index (χ0) is 21.8. The Balaban J connectivity index is 1.45. The van der Waals surface area contributed by atoms with Crippen LogP contribution in [0.25, 0.3) is 11.1 Å². The minimum atomic E-state index is 0.766. The Bertz CT molecular complexity index is 1210. The summed E-state index contributed by atoms with van der Waals surface area (Å²) >= 11 is 3.49. The van der Waals surface area contributed by atoms with Crippen LogP contribution in [-0.2, 0) is 6.42 Å². The van der Waals surface area contributed by atoms with Gasteiger partial charge in [-0.25, -0.2) is 4.98 Å². The summed E-state index contributed by atoms with van der Waals surface area (Å²) in [6, 6.07) is 14.6. The van der Waals surface area contributed by atoms with Crippen LogP contribution in [0.15, 0.2) is 82.8 Å². The van der Waals surface area contributed by atoms with Crippen LogP contribution in [0.3, 0.4) is 0 Å². The van der Waals surface area contributed by atoms with Gasteiger partial charge in [0.2, 0.25) is 0 Å². The fourth-order valence-corrected chi connectivity index (χ4v) is 4.35. The van der Waals surface area contributed by atoms with E-state index in [0.717, 1.165) is 70.7 Å². The molecule has 0 spiro atoms. The third kappa shape index (κ3) is 4.50. The van der Waals surface area contributed by atoms with Crippen molar-refractivity contribution in [3.05, 3.63) is 94.5 Å². The van der Waals surface area contributed by atoms with Gasteiger partial charge in [-0.3, -0.25) is 9.98 Å². The van der Waals surface area contributed by atoms with Crippen molar-refractivity contribution in [3.8, 4) is 0 Å². The van der Waals surface area contributed by atoms with Crippen LogP contribution >= 0.6 is 15.9 Å². The van der Waals surface area contributed by atoms with Crippen LogP contribution in [0.4, 0.5) is 11.5 Å². The van der Waals surface area contributed by atoms with Crippen molar-refractivity contribution in [2.75, 3.05) is 11.9 Å². The summed E-state index contributed by atoms with van der Waals surface area (Å²) in [4.78, 5) is 13.8. The molecule has 4 heterocycles. The molecule has 0 atom stereocenters. The summed E-state index contributed by atoms with van der Waals surface area (Å²) in [7, 11) is 0. The molecule has 0 radical (unpaired) electrons. The number of rotatable bonds is 3. The molecule has 1 aromatic carbocycles. The van der Waals surface area contributed by atoms with Crippen molar-refractivity contribution in [2.45, 2.75) is 25.7 Å². The van der Waals surface area contributed by atoms with Gasteiger partial charge in [0.1, 0.15) is 11.7 Å². The fraction of sp³-hybridized carbons (Fsp3) is 0.192. The topological polar surface area (TPSA) is 62.2 Å². The molecule has 6 heteroatoms. The van der Waals surface area contributed by atoms with Crippen molar-refractivity contribution >= 4 is 44.4 Å². The first kappa shape index (κ1) is 20.6. The number of hydrogen-bond acceptors (Lipinski definition) is 4. The Morgan fingerprint density at radius 1 is 1.00 bits per heavy atom. The standard InChI is InChI=1S/C26H24BrN5/c27-19-9-7-18(8-10-19)11-15-29-25-6-2-1-4-20-22-5-3-13-30-26(22)32-24-17-28-14-12-21(24)23(20)16-31-25/h3-5,7-10,12-14,16-17H,1-2,6,11,15H2,(H,29,31)(H,30,32). The summed E-state index contributed by atoms with van der Waals surface area (Å²) < 4.78 is 1.10. The van der Waals surface area contributed by atoms with Crippen molar-refractivity contribution in [1.29, 1.82) is 0 Å². The molecule has 5 nitrogen and oxygen atoms in total. The van der Waals surface area contributed by atoms with E-state index >= 15 is 0 Å². The minimum absolute atomic E-state index is 0.766. The van der Waals surface area contributed by atoms with Crippen molar-refractivity contribution in [2.24, 2.45) is 4.99 Å². The highest BCUT2D eigenvalue weighted by atomic mass is 79.9. The van der Waals surface area contributed by atoms with Crippen LogP contribution < -0.4 is 10.6 Å². The van der Waals surface area contributed by atoms with E-state index in [4.69, 9.17) is 4.99 Å². The number of amidine groups is 1. The number of nitrogens with one attached hydrogen (secondary N) is 2. The number of allylic oxidation sites excluding steroid dienone is 3. The Morgan fingerprint density at radius 2 is 1.91 bits per heavy atom. The van der Waals surface area contributed by atoms with Gasteiger partial charge in [0.25, 0.3) is 0 Å². The normalized spacial score (nSPS) is 16.5. The SMILES string of the molecule is Brc1ccc(CCN=C2CCCC=C3C(=CN2)c2ccncc2Nc2ncccc23)cc1. The van der Waals surface area contributed by atoms with Crippen LogP contribution in [-0.4, -0.2) is 22.3 Å². The first-order valence-electron chi connectivity index (χ1n) is 10.9. The summed E-state index contributed by atoms with van der Waals surface area (Å²) in [6.45, 7) is 0.766. The maximum atomic E-state index is 4.89. The monoisotopic (exact) mass is 485 g/mol. The molecule has 0 amide bonds. The average Bonchev–Trinajstić information content (AvgIpc) is 2.86. The van der Waals surface area contributed by atoms with Gasteiger partial charge >= 0.3 is 0 Å². The lowest BCUT2D eigenvalue weighted by Crippen LogP contribution is -2.18. The number of hydrogen-bond donors (Lipinski definition) is 2. The second kappa shape index (κ2) is 9.49. The minimum Gasteiger partial charge on any atom is -0.350 e. The molecule has 160 valence electrons. The second-order valence-corrected chi connectivity index (χ2v) is 8.78. The maximum Gasteiger partial charge on any atom is 0.138 e. The lowest BCUT2D eigenvalue weighted by molar-refractivity contribution is 0.860. The second-order valence-electron chi connectivity index (χ2n) is 7.86. The maximum absolute atomic E-state index is 4.89. The molecule has 5 rings (SSSR count). The summed E-state index contributed by atoms with van der Waals surface area (Å²) in [5.74, 6) is 1.89. The Morgan fingerprint density at radius 3 is 2.81 bits per heavy atom. The van der Waals surface area contributed by atoms with Gasteiger partial charge in [-0.15, -0.1) is 0 Å². The van der Waals surface area contributed by atoms with Gasteiger partial charge in [-0.05, 0) is 60.7 Å². The third-order valence-corrected chi connectivity index (χ3v) is 6.25. The molecule has 2 aliphatic heterocycles. The number of halogens is 1. The highest BCUT2D eigenvalue weighted by Gasteiger charge is 2.22. The molecule has 0 saturated heterocycles. The van der Waals surface area contributed by atoms with E-state index < -0.39 is 0 Å². The van der Waals surface area contributed by atoms with Gasteiger partial charge < -0.3 is 10.6 Å². The summed E-state index contributed by atoms with van der Waals surface area (Å²) in [6.07, 6.45) is 13.8. The molecule has 2 aromatic heterocycles.